The van der Waals surface area contributed by atoms with E-state index in [0.29, 0.717) is 30.8 Å². The van der Waals surface area contributed by atoms with Gasteiger partial charge in [0.1, 0.15) is 11.6 Å². The molecule has 1 amide bonds. The molecule has 1 aliphatic heterocycles. The Kier molecular flexibility index (Phi) is 5.76. The summed E-state index contributed by atoms with van der Waals surface area (Å²) < 4.78 is 45.0. The Morgan fingerprint density at radius 2 is 1.96 bits per heavy atom. The first-order chi connectivity index (χ1) is 12.9. The molecule has 0 unspecified atom stereocenters. The zero-order chi connectivity index (χ0) is 19.4. The minimum absolute atomic E-state index is 0.0257. The Hall–Kier alpha value is -2.45. The number of rotatable bonds is 5. The highest BCUT2D eigenvalue weighted by atomic mass is 32.2. The summed E-state index contributed by atoms with van der Waals surface area (Å²) in [6.45, 7) is 0.429. The Morgan fingerprint density at radius 3 is 2.67 bits per heavy atom. The van der Waals surface area contributed by atoms with Crippen molar-refractivity contribution in [2.45, 2.75) is 17.7 Å². The van der Waals surface area contributed by atoms with Crippen LogP contribution in [0.1, 0.15) is 12.8 Å². The van der Waals surface area contributed by atoms with E-state index >= 15 is 0 Å². The van der Waals surface area contributed by atoms with Gasteiger partial charge < -0.3 is 10.1 Å². The molecule has 0 spiro atoms. The fraction of sp³-hybridized carbons (Fsp3) is 0.316. The Bertz CT molecular complexity index is 916. The molecule has 1 saturated heterocycles. The number of piperidine rings is 1. The van der Waals surface area contributed by atoms with E-state index in [2.05, 4.69) is 5.32 Å². The van der Waals surface area contributed by atoms with Crippen molar-refractivity contribution in [1.29, 1.82) is 0 Å². The zero-order valence-electron chi connectivity index (χ0n) is 14.9. The van der Waals surface area contributed by atoms with Crippen LogP contribution in [-0.4, -0.2) is 38.8 Å². The molecule has 1 heterocycles. The summed E-state index contributed by atoms with van der Waals surface area (Å²) in [6.07, 6.45) is 1.18. The fourth-order valence-corrected chi connectivity index (χ4v) is 4.60. The van der Waals surface area contributed by atoms with Gasteiger partial charge in [0.2, 0.25) is 15.9 Å². The predicted molar refractivity (Wildman–Crippen MR) is 99.5 cm³/mol. The molecule has 1 N–H and O–H groups in total. The van der Waals surface area contributed by atoms with Crippen molar-refractivity contribution < 1.29 is 22.3 Å². The number of amides is 1. The molecule has 1 atom stereocenters. The molecule has 0 aromatic heterocycles. The summed E-state index contributed by atoms with van der Waals surface area (Å²) in [7, 11) is -2.22. The zero-order valence-corrected chi connectivity index (χ0v) is 15.7. The van der Waals surface area contributed by atoms with Gasteiger partial charge in [-0.05, 0) is 49.2 Å². The molecule has 0 saturated carbocycles. The predicted octanol–water partition coefficient (Wildman–Crippen LogP) is 2.87. The third-order valence-electron chi connectivity index (χ3n) is 4.54. The number of hydrogen-bond donors (Lipinski definition) is 1. The van der Waals surface area contributed by atoms with Crippen molar-refractivity contribution in [2.75, 3.05) is 25.5 Å². The van der Waals surface area contributed by atoms with Gasteiger partial charge in [-0.3, -0.25) is 4.79 Å². The van der Waals surface area contributed by atoms with Crippen LogP contribution in [0, 0.1) is 11.7 Å². The highest BCUT2D eigenvalue weighted by Gasteiger charge is 2.33. The standard InChI is InChI=1S/C19H21FN2O4S/c1-26-17-6-2-5-16(12-17)21-19(23)14-4-3-11-22(13-14)27(24,25)18-9-7-15(20)8-10-18/h2,5-10,12,14H,3-4,11,13H2,1H3,(H,21,23)/t14-/m0/s1. The average molecular weight is 392 g/mol. The topological polar surface area (TPSA) is 75.7 Å². The molecular weight excluding hydrogens is 371 g/mol. The molecule has 144 valence electrons. The molecule has 8 heteroatoms. The smallest absolute Gasteiger partial charge is 0.243 e. The normalized spacial score (nSPS) is 18.1. The molecule has 3 rings (SSSR count). The van der Waals surface area contributed by atoms with E-state index in [4.69, 9.17) is 4.74 Å². The van der Waals surface area contributed by atoms with E-state index in [1.165, 1.54) is 16.4 Å². The van der Waals surface area contributed by atoms with Gasteiger partial charge in [0.15, 0.2) is 0 Å². The molecule has 0 bridgehead atoms. The minimum Gasteiger partial charge on any atom is -0.497 e. The number of nitrogens with zero attached hydrogens (tertiary/aromatic N) is 1. The maximum absolute atomic E-state index is 13.1. The second-order valence-corrected chi connectivity index (χ2v) is 8.32. The molecule has 6 nitrogen and oxygen atoms in total. The lowest BCUT2D eigenvalue weighted by Gasteiger charge is -2.31. The van der Waals surface area contributed by atoms with E-state index in [9.17, 15) is 17.6 Å². The lowest BCUT2D eigenvalue weighted by molar-refractivity contribution is -0.120. The third-order valence-corrected chi connectivity index (χ3v) is 6.42. The van der Waals surface area contributed by atoms with Crippen LogP contribution in [0.15, 0.2) is 53.4 Å². The quantitative estimate of drug-likeness (QED) is 0.849. The molecule has 27 heavy (non-hydrogen) atoms. The van der Waals surface area contributed by atoms with E-state index in [1.807, 2.05) is 0 Å². The average Bonchev–Trinajstić information content (AvgIpc) is 2.68. The van der Waals surface area contributed by atoms with Gasteiger partial charge in [-0.25, -0.2) is 12.8 Å². The fourth-order valence-electron chi connectivity index (χ4n) is 3.08. The van der Waals surface area contributed by atoms with Crippen LogP contribution >= 0.6 is 0 Å². The number of sulfonamides is 1. The number of nitrogens with one attached hydrogen (secondary N) is 1. The van der Waals surface area contributed by atoms with Gasteiger partial charge in [-0.15, -0.1) is 0 Å². The van der Waals surface area contributed by atoms with Gasteiger partial charge in [0, 0.05) is 24.8 Å². The molecule has 1 fully saturated rings. The summed E-state index contributed by atoms with van der Waals surface area (Å²) in [5, 5.41) is 2.82. The molecule has 0 radical (unpaired) electrons. The Labute approximate surface area is 158 Å². The molecule has 1 aliphatic rings. The number of methoxy groups -OCH3 is 1. The molecule has 2 aromatic carbocycles. The Balaban J connectivity index is 1.71. The van der Waals surface area contributed by atoms with Gasteiger partial charge in [-0.1, -0.05) is 6.07 Å². The number of hydrogen-bond acceptors (Lipinski definition) is 4. The van der Waals surface area contributed by atoms with E-state index in [1.54, 1.807) is 31.4 Å². The number of anilines is 1. The van der Waals surface area contributed by atoms with Crippen LogP contribution in [0.5, 0.6) is 5.75 Å². The van der Waals surface area contributed by atoms with E-state index < -0.39 is 21.8 Å². The van der Waals surface area contributed by atoms with E-state index in [0.717, 1.165) is 12.1 Å². The summed E-state index contributed by atoms with van der Waals surface area (Å²) in [4.78, 5) is 12.6. The van der Waals surface area contributed by atoms with Gasteiger partial charge >= 0.3 is 0 Å². The van der Waals surface area contributed by atoms with E-state index in [-0.39, 0.29) is 17.3 Å². The van der Waals surface area contributed by atoms with Crippen LogP contribution in [0.3, 0.4) is 0 Å². The number of benzene rings is 2. The number of carbonyl (C=O) groups is 1. The van der Waals surface area contributed by atoms with Gasteiger partial charge in [-0.2, -0.15) is 4.31 Å². The summed E-state index contributed by atoms with van der Waals surface area (Å²) >= 11 is 0. The van der Waals surface area contributed by atoms with Crippen molar-refractivity contribution in [1.82, 2.24) is 4.31 Å². The Morgan fingerprint density at radius 1 is 1.22 bits per heavy atom. The number of carbonyl (C=O) groups excluding carboxylic acids is 1. The van der Waals surface area contributed by atoms with Crippen LogP contribution in [-0.2, 0) is 14.8 Å². The first kappa shape index (κ1) is 19.3. The molecular formula is C19H21FN2O4S. The summed E-state index contributed by atoms with van der Waals surface area (Å²) in [6, 6.07) is 11.7. The van der Waals surface area contributed by atoms with Crippen molar-refractivity contribution in [3.63, 3.8) is 0 Å². The van der Waals surface area contributed by atoms with Crippen LogP contribution in [0.25, 0.3) is 0 Å². The van der Waals surface area contributed by atoms with Crippen molar-refractivity contribution in [3.05, 3.63) is 54.3 Å². The lowest BCUT2D eigenvalue weighted by Crippen LogP contribution is -2.43. The monoisotopic (exact) mass is 392 g/mol. The third kappa shape index (κ3) is 4.45. The van der Waals surface area contributed by atoms with Crippen LogP contribution < -0.4 is 10.1 Å². The van der Waals surface area contributed by atoms with Gasteiger partial charge in [0.25, 0.3) is 0 Å². The highest BCUT2D eigenvalue weighted by Crippen LogP contribution is 2.25. The van der Waals surface area contributed by atoms with Crippen molar-refractivity contribution >= 4 is 21.6 Å². The van der Waals surface area contributed by atoms with Gasteiger partial charge in [0.05, 0.1) is 17.9 Å². The maximum atomic E-state index is 13.1. The summed E-state index contributed by atoms with van der Waals surface area (Å²) in [5.74, 6) is -0.567. The number of ether oxygens (including phenoxy) is 1. The van der Waals surface area contributed by atoms with Crippen LogP contribution in [0.2, 0.25) is 0 Å². The highest BCUT2D eigenvalue weighted by molar-refractivity contribution is 7.89. The second-order valence-electron chi connectivity index (χ2n) is 6.38. The second kappa shape index (κ2) is 8.06. The minimum atomic E-state index is -3.76. The van der Waals surface area contributed by atoms with Crippen LogP contribution in [0.4, 0.5) is 10.1 Å². The largest absolute Gasteiger partial charge is 0.497 e. The van der Waals surface area contributed by atoms with Crippen molar-refractivity contribution in [2.24, 2.45) is 5.92 Å². The molecule has 2 aromatic rings. The maximum Gasteiger partial charge on any atom is 0.243 e. The first-order valence-corrected chi connectivity index (χ1v) is 10.0. The SMILES string of the molecule is COc1cccc(NC(=O)[C@H]2CCCN(S(=O)(=O)c3ccc(F)cc3)C2)c1. The van der Waals surface area contributed by atoms with Crippen molar-refractivity contribution in [3.8, 4) is 5.75 Å². The summed E-state index contributed by atoms with van der Waals surface area (Å²) in [5.41, 5.74) is 0.595. The first-order valence-electron chi connectivity index (χ1n) is 8.61. The lowest BCUT2D eigenvalue weighted by atomic mass is 9.98. The molecule has 0 aliphatic carbocycles. The number of halogens is 1.